The lowest BCUT2D eigenvalue weighted by molar-refractivity contribution is 0.731. The third-order valence-corrected chi connectivity index (χ3v) is 14.6. The molecular weight excluding hydrogens is 392 g/mol. The summed E-state index contributed by atoms with van der Waals surface area (Å²) in [6.45, 7) is 19.3. The van der Waals surface area contributed by atoms with Crippen LogP contribution in [0.3, 0.4) is 0 Å². The van der Waals surface area contributed by atoms with Crippen molar-refractivity contribution in [2.75, 3.05) is 0 Å². The van der Waals surface area contributed by atoms with Crippen molar-refractivity contribution in [3.8, 4) is 0 Å². The Labute approximate surface area is 185 Å². The van der Waals surface area contributed by atoms with Crippen LogP contribution in [-0.4, -0.2) is 16.1 Å². The summed E-state index contributed by atoms with van der Waals surface area (Å²) in [5.74, 6) is 0. The fourth-order valence-corrected chi connectivity index (χ4v) is 11.8. The van der Waals surface area contributed by atoms with E-state index < -0.39 is 16.1 Å². The van der Waals surface area contributed by atoms with E-state index >= 15 is 0 Å². The lowest BCUT2D eigenvalue weighted by Crippen LogP contribution is -2.64. The van der Waals surface area contributed by atoms with Crippen LogP contribution in [-0.2, 0) is 0 Å². The van der Waals surface area contributed by atoms with Crippen LogP contribution in [0.2, 0.25) is 30.7 Å². The van der Waals surface area contributed by atoms with E-state index in [4.69, 9.17) is 6.58 Å². The Bertz CT molecular complexity index is 951. The second kappa shape index (κ2) is 8.52. The summed E-state index contributed by atoms with van der Waals surface area (Å²) in [4.78, 5) is 0. The molecule has 0 aliphatic carbocycles. The highest BCUT2D eigenvalue weighted by atomic mass is 28.3. The van der Waals surface area contributed by atoms with E-state index in [1.807, 2.05) is 0 Å². The van der Waals surface area contributed by atoms with Crippen molar-refractivity contribution in [3.63, 3.8) is 0 Å². The van der Waals surface area contributed by atoms with E-state index in [1.54, 1.807) is 0 Å². The van der Waals surface area contributed by atoms with Gasteiger partial charge in [-0.1, -0.05) is 153 Å². The minimum absolute atomic E-state index is 0.146. The highest BCUT2D eigenvalue weighted by molar-refractivity contribution is 7.05. The molecule has 0 radical (unpaired) electrons. The summed E-state index contributed by atoms with van der Waals surface area (Å²) < 4.78 is 0. The molecule has 0 unspecified atom stereocenters. The van der Waals surface area contributed by atoms with Crippen molar-refractivity contribution >= 4 is 37.3 Å². The lowest BCUT2D eigenvalue weighted by atomic mass is 10.1. The number of rotatable bonds is 6. The normalized spacial score (nSPS) is 12.6. The van der Waals surface area contributed by atoms with E-state index in [9.17, 15) is 0 Å². The largest absolute Gasteiger partial charge is 0.127 e. The van der Waals surface area contributed by atoms with Crippen molar-refractivity contribution in [2.24, 2.45) is 0 Å². The van der Waals surface area contributed by atoms with E-state index in [2.05, 4.69) is 125 Å². The maximum Gasteiger partial charge on any atom is 0.127 e. The van der Waals surface area contributed by atoms with Crippen molar-refractivity contribution < 1.29 is 0 Å². The second-order valence-corrected chi connectivity index (χ2v) is 20.3. The molecule has 0 heterocycles. The second-order valence-electron chi connectivity index (χ2n) is 10.5. The van der Waals surface area contributed by atoms with Gasteiger partial charge in [0.15, 0.2) is 0 Å². The molecule has 0 spiro atoms. The monoisotopic (exact) mass is 428 g/mol. The molecule has 3 aromatic carbocycles. The van der Waals surface area contributed by atoms with Gasteiger partial charge >= 0.3 is 0 Å². The van der Waals surface area contributed by atoms with Gasteiger partial charge < -0.3 is 0 Å². The summed E-state index contributed by atoms with van der Waals surface area (Å²) in [6.07, 6.45) is 0. The fourth-order valence-electron chi connectivity index (χ4n) is 4.81. The molecule has 0 aliphatic heterocycles. The first-order valence-corrected chi connectivity index (χ1v) is 16.7. The number of hydrogen-bond donors (Lipinski definition) is 0. The van der Waals surface area contributed by atoms with Crippen LogP contribution in [0.1, 0.15) is 26.3 Å². The van der Waals surface area contributed by atoms with Crippen molar-refractivity contribution in [1.82, 2.24) is 0 Å². The fraction of sp³-hybridized carbons (Fsp3) is 0.286. The average Bonchev–Trinajstić information content (AvgIpc) is 2.71. The Balaban J connectivity index is 2.22. The molecule has 0 aliphatic rings. The van der Waals surface area contributed by atoms with Gasteiger partial charge in [0.25, 0.3) is 0 Å². The van der Waals surface area contributed by atoms with Gasteiger partial charge in [0, 0.05) is 0 Å². The van der Waals surface area contributed by atoms with Crippen molar-refractivity contribution in [1.29, 1.82) is 0 Å². The molecule has 0 saturated heterocycles. The Kier molecular flexibility index (Phi) is 6.40. The standard InChI is InChI=1S/C28H36Si2/c1-23(26-20-14-15-21-27(26)29(5,6)7)22-30(28(2,3)4,24-16-10-8-11-17-24)25-18-12-9-13-19-25/h8-21H,1,22H2,2-7H3. The van der Waals surface area contributed by atoms with Gasteiger partial charge in [0.2, 0.25) is 0 Å². The van der Waals surface area contributed by atoms with Crippen LogP contribution in [0.5, 0.6) is 0 Å². The molecule has 0 N–H and O–H groups in total. The van der Waals surface area contributed by atoms with Crippen LogP contribution in [0, 0.1) is 0 Å². The van der Waals surface area contributed by atoms with Gasteiger partial charge in [-0.2, -0.15) is 0 Å². The van der Waals surface area contributed by atoms with Crippen molar-refractivity contribution in [2.45, 2.75) is 51.5 Å². The predicted molar refractivity (Wildman–Crippen MR) is 141 cm³/mol. The maximum absolute atomic E-state index is 4.71. The van der Waals surface area contributed by atoms with E-state index in [0.717, 1.165) is 6.04 Å². The zero-order chi connectivity index (χ0) is 22.0. The van der Waals surface area contributed by atoms with E-state index in [1.165, 1.54) is 26.7 Å². The van der Waals surface area contributed by atoms with Crippen LogP contribution in [0.15, 0.2) is 91.5 Å². The maximum atomic E-state index is 4.71. The first kappa shape index (κ1) is 22.5. The summed E-state index contributed by atoms with van der Waals surface area (Å²) in [7, 11) is -3.63. The molecule has 0 atom stereocenters. The van der Waals surface area contributed by atoms with Crippen LogP contribution < -0.4 is 15.6 Å². The van der Waals surface area contributed by atoms with Gasteiger partial charge in [-0.3, -0.25) is 0 Å². The van der Waals surface area contributed by atoms with Gasteiger partial charge in [0.05, 0.1) is 8.07 Å². The molecular formula is C28H36Si2. The Morgan fingerprint density at radius 2 is 1.13 bits per heavy atom. The lowest BCUT2D eigenvalue weighted by Gasteiger charge is -2.45. The predicted octanol–water partition coefficient (Wildman–Crippen LogP) is 6.31. The summed E-state index contributed by atoms with van der Waals surface area (Å²) in [5, 5.41) is 4.66. The van der Waals surface area contributed by atoms with Gasteiger partial charge in [-0.25, -0.2) is 0 Å². The zero-order valence-electron chi connectivity index (χ0n) is 19.5. The molecule has 0 amide bonds. The number of allylic oxidation sites excluding steroid dienone is 1. The quantitative estimate of drug-likeness (QED) is 0.404. The number of benzene rings is 3. The van der Waals surface area contributed by atoms with Crippen LogP contribution in [0.25, 0.3) is 5.57 Å². The van der Waals surface area contributed by atoms with E-state index in [0.29, 0.717) is 0 Å². The number of hydrogen-bond acceptors (Lipinski definition) is 0. The molecule has 3 aromatic rings. The van der Waals surface area contributed by atoms with Crippen LogP contribution >= 0.6 is 0 Å². The first-order valence-electron chi connectivity index (χ1n) is 11.0. The topological polar surface area (TPSA) is 0 Å². The molecule has 30 heavy (non-hydrogen) atoms. The van der Waals surface area contributed by atoms with E-state index in [-0.39, 0.29) is 5.04 Å². The highest BCUT2D eigenvalue weighted by Gasteiger charge is 2.47. The molecule has 0 fully saturated rings. The van der Waals surface area contributed by atoms with Gasteiger partial charge in [0.1, 0.15) is 8.07 Å². The molecule has 0 bridgehead atoms. The summed E-state index contributed by atoms with van der Waals surface area (Å²) in [6, 6.07) is 32.5. The SMILES string of the molecule is C=C(C[Si](c1ccccc1)(c1ccccc1)C(C)(C)C)c1ccccc1[Si](C)(C)C. The van der Waals surface area contributed by atoms with Crippen LogP contribution in [0.4, 0.5) is 0 Å². The highest BCUT2D eigenvalue weighted by Crippen LogP contribution is 2.41. The summed E-state index contributed by atoms with van der Waals surface area (Å²) in [5.41, 5.74) is 2.67. The summed E-state index contributed by atoms with van der Waals surface area (Å²) >= 11 is 0. The first-order chi connectivity index (χ1) is 14.1. The third-order valence-electron chi connectivity index (χ3n) is 6.41. The Hall–Kier alpha value is -2.17. The van der Waals surface area contributed by atoms with Crippen molar-refractivity contribution in [3.05, 3.63) is 97.1 Å². The Morgan fingerprint density at radius 3 is 1.57 bits per heavy atom. The molecule has 0 saturated carbocycles. The molecule has 0 nitrogen and oxygen atoms in total. The average molecular weight is 429 g/mol. The zero-order valence-corrected chi connectivity index (χ0v) is 21.5. The van der Waals surface area contributed by atoms with Gasteiger partial charge in [-0.05, 0) is 16.6 Å². The Morgan fingerprint density at radius 1 is 0.700 bits per heavy atom. The molecule has 156 valence electrons. The minimum Gasteiger partial charge on any atom is -0.0955 e. The molecule has 3 rings (SSSR count). The van der Waals surface area contributed by atoms with Gasteiger partial charge in [-0.15, -0.1) is 0 Å². The third kappa shape index (κ3) is 4.31. The molecule has 2 heteroatoms. The smallest absolute Gasteiger partial charge is 0.0955 e. The minimum atomic E-state index is -2.16. The molecule has 0 aromatic heterocycles.